The Morgan fingerprint density at radius 2 is 2.17 bits per heavy atom. The van der Waals surface area contributed by atoms with Gasteiger partial charge in [0.1, 0.15) is 11.6 Å². The summed E-state index contributed by atoms with van der Waals surface area (Å²) in [5.41, 5.74) is 0.0315. The molecule has 0 atom stereocenters. The summed E-state index contributed by atoms with van der Waals surface area (Å²) in [4.78, 5) is 9.77. The van der Waals surface area contributed by atoms with E-state index in [0.29, 0.717) is 0 Å². The third-order valence-electron chi connectivity index (χ3n) is 2.21. The Morgan fingerprint density at radius 3 is 2.78 bits per heavy atom. The van der Waals surface area contributed by atoms with Crippen LogP contribution in [0.2, 0.25) is 5.02 Å². The molecule has 0 bridgehead atoms. The van der Waals surface area contributed by atoms with Crippen molar-refractivity contribution in [1.29, 1.82) is 0 Å². The average Bonchev–Trinajstić information content (AvgIpc) is 2.65. The molecule has 0 N–H and O–H groups in total. The number of halogens is 3. The highest BCUT2D eigenvalue weighted by molar-refractivity contribution is 6.32. The van der Waals surface area contributed by atoms with E-state index < -0.39 is 22.4 Å². The molecule has 0 saturated carbocycles. The molecular weight excluding hydrogens is 268 g/mol. The van der Waals surface area contributed by atoms with Gasteiger partial charge in [-0.15, -0.1) is 0 Å². The molecular formula is C10H6ClF2N3O2. The summed E-state index contributed by atoms with van der Waals surface area (Å²) in [5.74, 6) is -1.74. The number of hydrogen-bond acceptors (Lipinski definition) is 3. The molecule has 1 aromatic carbocycles. The lowest BCUT2D eigenvalue weighted by molar-refractivity contribution is -0.389. The van der Waals surface area contributed by atoms with Crippen molar-refractivity contribution in [2.75, 3.05) is 0 Å². The normalized spacial score (nSPS) is 10.6. The van der Waals surface area contributed by atoms with Gasteiger partial charge >= 0.3 is 5.82 Å². The van der Waals surface area contributed by atoms with Crippen molar-refractivity contribution in [3.8, 4) is 0 Å². The number of nitrogens with zero attached hydrogens (tertiary/aromatic N) is 3. The van der Waals surface area contributed by atoms with Crippen molar-refractivity contribution < 1.29 is 13.7 Å². The fourth-order valence-electron chi connectivity index (χ4n) is 1.43. The molecule has 2 rings (SSSR count). The molecule has 0 radical (unpaired) electrons. The zero-order valence-electron chi connectivity index (χ0n) is 8.81. The van der Waals surface area contributed by atoms with Gasteiger partial charge in [-0.1, -0.05) is 11.6 Å². The SMILES string of the molecule is O=[N+]([O-])c1nn(Cc2cc(F)ccc2F)cc1Cl. The highest BCUT2D eigenvalue weighted by Gasteiger charge is 2.19. The van der Waals surface area contributed by atoms with Crippen molar-refractivity contribution in [2.24, 2.45) is 0 Å². The van der Waals surface area contributed by atoms with Crippen LogP contribution in [-0.4, -0.2) is 14.7 Å². The van der Waals surface area contributed by atoms with Crippen LogP contribution >= 0.6 is 11.6 Å². The largest absolute Gasteiger partial charge is 0.408 e. The Hall–Kier alpha value is -2.02. The topological polar surface area (TPSA) is 61.0 Å². The lowest BCUT2D eigenvalue weighted by Gasteiger charge is -2.00. The monoisotopic (exact) mass is 273 g/mol. The molecule has 1 aromatic heterocycles. The summed E-state index contributed by atoms with van der Waals surface area (Å²) in [6.45, 7) is -0.142. The van der Waals surface area contributed by atoms with Gasteiger partial charge in [0, 0.05) is 5.56 Å². The van der Waals surface area contributed by atoms with E-state index in [1.54, 1.807) is 0 Å². The van der Waals surface area contributed by atoms with Gasteiger partial charge in [-0.3, -0.25) is 0 Å². The molecule has 1 heterocycles. The predicted molar refractivity (Wildman–Crippen MR) is 59.4 cm³/mol. The number of hydrogen-bond donors (Lipinski definition) is 0. The van der Waals surface area contributed by atoms with E-state index in [9.17, 15) is 18.9 Å². The first kappa shape index (κ1) is 12.4. The van der Waals surface area contributed by atoms with Crippen LogP contribution < -0.4 is 0 Å². The minimum absolute atomic E-state index is 0.0315. The molecule has 0 fully saturated rings. The molecule has 0 aliphatic heterocycles. The Morgan fingerprint density at radius 1 is 1.44 bits per heavy atom. The second kappa shape index (κ2) is 4.69. The lowest BCUT2D eigenvalue weighted by Crippen LogP contribution is -2.03. The first-order valence-electron chi connectivity index (χ1n) is 4.78. The van der Waals surface area contributed by atoms with Crippen LogP contribution in [0.1, 0.15) is 5.56 Å². The van der Waals surface area contributed by atoms with Gasteiger partial charge in [0.2, 0.25) is 0 Å². The van der Waals surface area contributed by atoms with E-state index in [1.165, 1.54) is 6.20 Å². The number of aromatic nitrogens is 2. The van der Waals surface area contributed by atoms with Gasteiger partial charge < -0.3 is 10.1 Å². The van der Waals surface area contributed by atoms with Crippen molar-refractivity contribution in [3.63, 3.8) is 0 Å². The molecule has 0 spiro atoms. The third kappa shape index (κ3) is 2.45. The van der Waals surface area contributed by atoms with Crippen molar-refractivity contribution in [1.82, 2.24) is 9.78 Å². The minimum atomic E-state index is -0.749. The number of nitro groups is 1. The summed E-state index contributed by atoms with van der Waals surface area (Å²) < 4.78 is 27.4. The van der Waals surface area contributed by atoms with Crippen molar-refractivity contribution in [3.05, 3.63) is 56.7 Å². The maximum absolute atomic E-state index is 13.3. The van der Waals surface area contributed by atoms with E-state index in [1.807, 2.05) is 0 Å². The molecule has 18 heavy (non-hydrogen) atoms. The van der Waals surface area contributed by atoms with Gasteiger partial charge in [-0.05, 0) is 23.1 Å². The molecule has 0 unspecified atom stereocenters. The summed E-state index contributed by atoms with van der Waals surface area (Å²) in [6, 6.07) is 2.96. The van der Waals surface area contributed by atoms with E-state index in [-0.39, 0.29) is 17.1 Å². The Labute approximate surface area is 105 Å². The quantitative estimate of drug-likeness (QED) is 0.638. The standard InChI is InChI=1S/C10H6ClF2N3O2/c11-8-5-15(14-10(8)16(17)18)4-6-3-7(12)1-2-9(6)13/h1-3,5H,4H2. The third-order valence-corrected chi connectivity index (χ3v) is 2.48. The van der Waals surface area contributed by atoms with Crippen LogP contribution in [0, 0.1) is 21.7 Å². The fourth-order valence-corrected chi connectivity index (χ4v) is 1.65. The van der Waals surface area contributed by atoms with E-state index in [4.69, 9.17) is 11.6 Å². The van der Waals surface area contributed by atoms with Gasteiger partial charge in [0.25, 0.3) is 0 Å². The van der Waals surface area contributed by atoms with Crippen molar-refractivity contribution >= 4 is 17.4 Å². The molecule has 0 saturated heterocycles. The second-order valence-corrected chi connectivity index (χ2v) is 3.90. The minimum Gasteiger partial charge on any atom is -0.358 e. The number of rotatable bonds is 3. The highest BCUT2D eigenvalue weighted by atomic mass is 35.5. The molecule has 2 aromatic rings. The molecule has 8 heteroatoms. The van der Waals surface area contributed by atoms with Gasteiger partial charge in [0.15, 0.2) is 5.02 Å². The van der Waals surface area contributed by atoms with Gasteiger partial charge in [-0.25, -0.2) is 8.78 Å². The van der Waals surface area contributed by atoms with Crippen LogP contribution in [-0.2, 0) is 6.54 Å². The summed E-state index contributed by atoms with van der Waals surface area (Å²) in [7, 11) is 0. The first-order chi connectivity index (χ1) is 8.47. The smallest absolute Gasteiger partial charge is 0.358 e. The van der Waals surface area contributed by atoms with Crippen LogP contribution in [0.4, 0.5) is 14.6 Å². The molecule has 5 nitrogen and oxygen atoms in total. The zero-order chi connectivity index (χ0) is 13.3. The van der Waals surface area contributed by atoms with Crippen LogP contribution in [0.5, 0.6) is 0 Å². The first-order valence-corrected chi connectivity index (χ1v) is 5.16. The molecule has 0 aliphatic rings. The molecule has 0 amide bonds. The summed E-state index contributed by atoms with van der Waals surface area (Å²) in [6.07, 6.45) is 1.18. The van der Waals surface area contributed by atoms with E-state index in [0.717, 1.165) is 22.9 Å². The van der Waals surface area contributed by atoms with Gasteiger partial charge in [-0.2, -0.15) is 4.68 Å². The van der Waals surface area contributed by atoms with Crippen LogP contribution in [0.15, 0.2) is 24.4 Å². The van der Waals surface area contributed by atoms with E-state index in [2.05, 4.69) is 5.10 Å². The van der Waals surface area contributed by atoms with Crippen LogP contribution in [0.25, 0.3) is 0 Å². The Balaban J connectivity index is 2.31. The fraction of sp³-hybridized carbons (Fsp3) is 0.100. The van der Waals surface area contributed by atoms with Crippen LogP contribution in [0.3, 0.4) is 0 Å². The van der Waals surface area contributed by atoms with Crippen molar-refractivity contribution in [2.45, 2.75) is 6.54 Å². The average molecular weight is 274 g/mol. The maximum Gasteiger partial charge on any atom is 0.408 e. The molecule has 94 valence electrons. The lowest BCUT2D eigenvalue weighted by atomic mass is 10.2. The van der Waals surface area contributed by atoms with E-state index >= 15 is 0 Å². The zero-order valence-corrected chi connectivity index (χ0v) is 9.56. The Kier molecular flexibility index (Phi) is 3.24. The summed E-state index contributed by atoms with van der Waals surface area (Å²) in [5, 5.41) is 13.9. The summed E-state index contributed by atoms with van der Waals surface area (Å²) >= 11 is 5.58. The van der Waals surface area contributed by atoms with Gasteiger partial charge in [0.05, 0.1) is 17.8 Å². The maximum atomic E-state index is 13.3. The second-order valence-electron chi connectivity index (χ2n) is 3.49. The predicted octanol–water partition coefficient (Wildman–Crippen LogP) is 2.77. The highest BCUT2D eigenvalue weighted by Crippen LogP contribution is 2.22. The number of benzene rings is 1. The molecule has 0 aliphatic carbocycles. The Bertz CT molecular complexity index is 615.